The Labute approximate surface area is 161 Å². The van der Waals surface area contributed by atoms with E-state index in [1.54, 1.807) is 42.5 Å². The normalized spacial score (nSPS) is 13.7. The van der Waals surface area contributed by atoms with Crippen molar-refractivity contribution in [2.45, 2.75) is 55.3 Å². The Hall–Kier alpha value is -2.18. The lowest BCUT2D eigenvalue weighted by Gasteiger charge is -2.23. The van der Waals surface area contributed by atoms with E-state index < -0.39 is 27.1 Å². The molecule has 27 heavy (non-hydrogen) atoms. The van der Waals surface area contributed by atoms with Gasteiger partial charge in [-0.05, 0) is 30.7 Å². The Balaban J connectivity index is 2.20. The van der Waals surface area contributed by atoms with Crippen LogP contribution in [0.5, 0.6) is 0 Å². The molecule has 0 heterocycles. The van der Waals surface area contributed by atoms with E-state index in [-0.39, 0.29) is 11.3 Å². The summed E-state index contributed by atoms with van der Waals surface area (Å²) in [6, 6.07) is 16.9. The molecule has 146 valence electrons. The van der Waals surface area contributed by atoms with Crippen LogP contribution in [0.3, 0.4) is 0 Å². The molecule has 5 nitrogen and oxygen atoms in total. The number of hydrogen-bond donors (Lipinski definition) is 2. The minimum atomic E-state index is -3.84. The molecular formula is C21H27NO4S. The number of anilines is 1. The van der Waals surface area contributed by atoms with Gasteiger partial charge in [-0.15, -0.1) is 0 Å². The number of nitrogens with one attached hydrogen (secondary N) is 1. The monoisotopic (exact) mass is 389 g/mol. The van der Waals surface area contributed by atoms with Crippen LogP contribution in [0.2, 0.25) is 0 Å². The summed E-state index contributed by atoms with van der Waals surface area (Å²) in [5.74, 6) is -0.430. The Morgan fingerprint density at radius 3 is 2.19 bits per heavy atom. The molecule has 0 saturated heterocycles. The lowest BCUT2D eigenvalue weighted by molar-refractivity contribution is -0.116. The quantitative estimate of drug-likeness (QED) is 0.606. The van der Waals surface area contributed by atoms with Crippen molar-refractivity contribution in [2.75, 3.05) is 5.32 Å². The van der Waals surface area contributed by atoms with Gasteiger partial charge in [0, 0.05) is 12.1 Å². The van der Waals surface area contributed by atoms with Crippen LogP contribution < -0.4 is 5.32 Å². The van der Waals surface area contributed by atoms with Crippen molar-refractivity contribution in [3.05, 3.63) is 60.7 Å². The molecule has 2 unspecified atom stereocenters. The van der Waals surface area contributed by atoms with E-state index in [4.69, 9.17) is 0 Å². The van der Waals surface area contributed by atoms with Crippen LogP contribution in [0.25, 0.3) is 0 Å². The number of para-hydroxylation sites is 1. The number of hydrogen-bond acceptors (Lipinski definition) is 4. The van der Waals surface area contributed by atoms with Gasteiger partial charge in [0.1, 0.15) is 5.25 Å². The molecule has 1 amide bonds. The van der Waals surface area contributed by atoms with Crippen molar-refractivity contribution in [1.29, 1.82) is 0 Å². The summed E-state index contributed by atoms with van der Waals surface area (Å²) in [7, 11) is -3.84. The Bertz CT molecular complexity index is 807. The fraction of sp³-hybridized carbons (Fsp3) is 0.381. The van der Waals surface area contributed by atoms with Gasteiger partial charge < -0.3 is 10.4 Å². The largest absolute Gasteiger partial charge is 0.392 e. The van der Waals surface area contributed by atoms with Crippen molar-refractivity contribution >= 4 is 21.4 Å². The maximum Gasteiger partial charge on any atom is 0.225 e. The smallest absolute Gasteiger partial charge is 0.225 e. The fourth-order valence-corrected chi connectivity index (χ4v) is 4.75. The van der Waals surface area contributed by atoms with Crippen LogP contribution in [0, 0.1) is 0 Å². The van der Waals surface area contributed by atoms with Gasteiger partial charge in [0.05, 0.1) is 11.0 Å². The first-order valence-electron chi connectivity index (χ1n) is 9.27. The maximum absolute atomic E-state index is 13.1. The van der Waals surface area contributed by atoms with E-state index in [9.17, 15) is 18.3 Å². The number of aliphatic hydroxyl groups is 1. The highest BCUT2D eigenvalue weighted by atomic mass is 32.2. The average molecular weight is 390 g/mol. The first-order valence-corrected chi connectivity index (χ1v) is 10.8. The predicted octanol–water partition coefficient (Wildman–Crippen LogP) is 3.80. The topological polar surface area (TPSA) is 83.5 Å². The molecule has 0 aliphatic rings. The van der Waals surface area contributed by atoms with Gasteiger partial charge in [-0.3, -0.25) is 4.79 Å². The van der Waals surface area contributed by atoms with Gasteiger partial charge in [-0.1, -0.05) is 62.6 Å². The number of rotatable bonds is 10. The molecule has 2 atom stereocenters. The zero-order valence-electron chi connectivity index (χ0n) is 15.5. The molecule has 0 aromatic heterocycles. The highest BCUT2D eigenvalue weighted by Crippen LogP contribution is 2.24. The molecule has 2 N–H and O–H groups in total. The van der Waals surface area contributed by atoms with Crippen molar-refractivity contribution in [3.63, 3.8) is 0 Å². The Morgan fingerprint density at radius 2 is 1.59 bits per heavy atom. The van der Waals surface area contributed by atoms with Crippen molar-refractivity contribution in [1.82, 2.24) is 0 Å². The lowest BCUT2D eigenvalue weighted by atomic mass is 10.1. The number of sulfone groups is 1. The van der Waals surface area contributed by atoms with Gasteiger partial charge in [-0.2, -0.15) is 0 Å². The molecule has 0 saturated carbocycles. The second-order valence-electron chi connectivity index (χ2n) is 6.58. The van der Waals surface area contributed by atoms with E-state index in [1.807, 2.05) is 13.0 Å². The van der Waals surface area contributed by atoms with Gasteiger partial charge >= 0.3 is 0 Å². The zero-order chi connectivity index (χ0) is 19.7. The van der Waals surface area contributed by atoms with Crippen LogP contribution in [0.15, 0.2) is 65.6 Å². The summed E-state index contributed by atoms with van der Waals surface area (Å²) in [5, 5.41) is 12.1. The molecule has 0 aliphatic heterocycles. The van der Waals surface area contributed by atoms with Crippen molar-refractivity contribution in [3.8, 4) is 0 Å². The third-order valence-corrected chi connectivity index (χ3v) is 6.65. The van der Waals surface area contributed by atoms with E-state index in [0.29, 0.717) is 12.1 Å². The van der Waals surface area contributed by atoms with Crippen LogP contribution >= 0.6 is 0 Å². The standard InChI is InChI=1S/C21H27NO4S/c1-2-3-6-15-19(23)20(27(25,26)18-13-9-5-10-14-18)16-21(24)22-17-11-7-4-8-12-17/h4-5,7-14,19-20,23H,2-3,6,15-16H2,1H3,(H,22,24). The first kappa shape index (κ1) is 21.1. The summed E-state index contributed by atoms with van der Waals surface area (Å²) in [4.78, 5) is 12.6. The van der Waals surface area contributed by atoms with Gasteiger partial charge in [0.25, 0.3) is 0 Å². The van der Waals surface area contributed by atoms with Gasteiger partial charge in [-0.25, -0.2) is 8.42 Å². The minimum absolute atomic E-state index is 0.122. The number of carbonyl (C=O) groups excluding carboxylic acids is 1. The predicted molar refractivity (Wildman–Crippen MR) is 107 cm³/mol. The summed E-state index contributed by atoms with van der Waals surface area (Å²) >= 11 is 0. The molecule has 0 spiro atoms. The molecule has 0 fully saturated rings. The zero-order valence-corrected chi connectivity index (χ0v) is 16.4. The second-order valence-corrected chi connectivity index (χ2v) is 8.74. The molecule has 2 rings (SSSR count). The summed E-state index contributed by atoms with van der Waals surface area (Å²) < 4.78 is 26.1. The molecule has 2 aromatic rings. The molecule has 2 aromatic carbocycles. The summed E-state index contributed by atoms with van der Waals surface area (Å²) in [6.07, 6.45) is 1.56. The number of amides is 1. The molecule has 6 heteroatoms. The maximum atomic E-state index is 13.1. The van der Waals surface area contributed by atoms with E-state index in [2.05, 4.69) is 5.32 Å². The van der Waals surface area contributed by atoms with Gasteiger partial charge in [0.15, 0.2) is 9.84 Å². The van der Waals surface area contributed by atoms with Crippen LogP contribution in [-0.4, -0.2) is 30.8 Å². The third-order valence-electron chi connectivity index (χ3n) is 4.45. The highest BCUT2D eigenvalue weighted by molar-refractivity contribution is 7.92. The Morgan fingerprint density at radius 1 is 1.00 bits per heavy atom. The average Bonchev–Trinajstić information content (AvgIpc) is 2.67. The second kappa shape index (κ2) is 10.2. The number of benzene rings is 2. The van der Waals surface area contributed by atoms with Crippen molar-refractivity contribution in [2.24, 2.45) is 0 Å². The highest BCUT2D eigenvalue weighted by Gasteiger charge is 2.35. The van der Waals surface area contributed by atoms with Crippen LogP contribution in [0.4, 0.5) is 5.69 Å². The van der Waals surface area contributed by atoms with E-state index in [0.717, 1.165) is 19.3 Å². The number of aliphatic hydroxyl groups excluding tert-OH is 1. The van der Waals surface area contributed by atoms with Gasteiger partial charge in [0.2, 0.25) is 5.91 Å². The van der Waals surface area contributed by atoms with E-state index in [1.165, 1.54) is 12.1 Å². The van der Waals surface area contributed by atoms with Crippen molar-refractivity contribution < 1.29 is 18.3 Å². The molecular weight excluding hydrogens is 362 g/mol. The third kappa shape index (κ3) is 6.19. The molecule has 0 radical (unpaired) electrons. The molecule has 0 aliphatic carbocycles. The first-order chi connectivity index (χ1) is 12.9. The summed E-state index contributed by atoms with van der Waals surface area (Å²) in [6.45, 7) is 2.04. The minimum Gasteiger partial charge on any atom is -0.392 e. The molecule has 0 bridgehead atoms. The van der Waals surface area contributed by atoms with Crippen LogP contribution in [-0.2, 0) is 14.6 Å². The SMILES string of the molecule is CCCCCC(O)C(CC(=O)Nc1ccccc1)S(=O)(=O)c1ccccc1. The Kier molecular flexibility index (Phi) is 8.00. The van der Waals surface area contributed by atoms with Crippen LogP contribution in [0.1, 0.15) is 39.0 Å². The number of carbonyl (C=O) groups is 1. The lowest BCUT2D eigenvalue weighted by Crippen LogP contribution is -2.37. The summed E-state index contributed by atoms with van der Waals surface area (Å²) in [5.41, 5.74) is 0.596. The van der Waals surface area contributed by atoms with E-state index >= 15 is 0 Å². The fourth-order valence-electron chi connectivity index (χ4n) is 2.94. The number of unbranched alkanes of at least 4 members (excludes halogenated alkanes) is 2.